The van der Waals surface area contributed by atoms with Crippen molar-refractivity contribution in [3.8, 4) is 0 Å². The van der Waals surface area contributed by atoms with Gasteiger partial charge in [-0.1, -0.05) is 30.7 Å². The van der Waals surface area contributed by atoms with E-state index < -0.39 is 0 Å². The molecule has 1 aromatic carbocycles. The maximum Gasteiger partial charge on any atom is 0.127 e. The Kier molecular flexibility index (Phi) is 5.59. The summed E-state index contributed by atoms with van der Waals surface area (Å²) in [5.74, 6) is -0.124. The Hall–Kier alpha value is -1.23. The lowest BCUT2D eigenvalue weighted by Gasteiger charge is -2.34. The third-order valence-corrected chi connectivity index (χ3v) is 5.29. The lowest BCUT2D eigenvalue weighted by Crippen LogP contribution is -2.38. The van der Waals surface area contributed by atoms with Gasteiger partial charge < -0.3 is 5.32 Å². The van der Waals surface area contributed by atoms with Crippen LogP contribution in [0.15, 0.2) is 41.8 Å². The average Bonchev–Trinajstić information content (AvgIpc) is 3.08. The molecule has 2 aromatic rings. The van der Waals surface area contributed by atoms with Crippen molar-refractivity contribution < 1.29 is 4.39 Å². The molecule has 0 radical (unpaired) electrons. The summed E-state index contributed by atoms with van der Waals surface area (Å²) in [6, 6.07) is 11.7. The standard InChI is InChI=1S/C18H23FN2S/c19-16-8-3-2-7-15(16)13-20-14-17(18-9-6-12-22-18)21-10-4-1-5-11-21/h2-3,6-9,12,17,20H,1,4-5,10-11,13-14H2. The Morgan fingerprint density at radius 3 is 2.64 bits per heavy atom. The van der Waals surface area contributed by atoms with Gasteiger partial charge in [-0.05, 0) is 43.4 Å². The summed E-state index contributed by atoms with van der Waals surface area (Å²) in [6.45, 7) is 3.80. The number of benzene rings is 1. The smallest absolute Gasteiger partial charge is 0.127 e. The van der Waals surface area contributed by atoms with E-state index in [-0.39, 0.29) is 5.82 Å². The normalized spacial score (nSPS) is 17.5. The van der Waals surface area contributed by atoms with E-state index in [1.807, 2.05) is 23.5 Å². The zero-order chi connectivity index (χ0) is 15.2. The molecule has 2 heterocycles. The van der Waals surface area contributed by atoms with Crippen LogP contribution in [-0.2, 0) is 6.54 Å². The maximum absolute atomic E-state index is 13.7. The van der Waals surface area contributed by atoms with E-state index in [1.165, 1.54) is 43.3 Å². The van der Waals surface area contributed by atoms with Gasteiger partial charge in [0.05, 0.1) is 6.04 Å². The first-order valence-corrected chi connectivity index (χ1v) is 8.94. The molecule has 4 heteroatoms. The number of nitrogens with one attached hydrogen (secondary N) is 1. The van der Waals surface area contributed by atoms with E-state index in [0.29, 0.717) is 12.6 Å². The summed E-state index contributed by atoms with van der Waals surface area (Å²) in [5, 5.41) is 5.60. The van der Waals surface area contributed by atoms with Crippen molar-refractivity contribution in [3.63, 3.8) is 0 Å². The van der Waals surface area contributed by atoms with Crippen molar-refractivity contribution in [2.24, 2.45) is 0 Å². The lowest BCUT2D eigenvalue weighted by atomic mass is 10.1. The Bertz CT molecular complexity index is 564. The Morgan fingerprint density at radius 2 is 1.91 bits per heavy atom. The molecular weight excluding hydrogens is 295 g/mol. The molecule has 1 unspecified atom stereocenters. The molecule has 0 saturated carbocycles. The highest BCUT2D eigenvalue weighted by Gasteiger charge is 2.22. The Morgan fingerprint density at radius 1 is 1.09 bits per heavy atom. The van der Waals surface area contributed by atoms with E-state index in [9.17, 15) is 4.39 Å². The van der Waals surface area contributed by atoms with Gasteiger partial charge in [0.25, 0.3) is 0 Å². The zero-order valence-electron chi connectivity index (χ0n) is 12.8. The van der Waals surface area contributed by atoms with Gasteiger partial charge in [-0.2, -0.15) is 0 Å². The highest BCUT2D eigenvalue weighted by Crippen LogP contribution is 2.27. The van der Waals surface area contributed by atoms with Gasteiger partial charge in [0.2, 0.25) is 0 Å². The van der Waals surface area contributed by atoms with E-state index in [1.54, 1.807) is 6.07 Å². The number of piperidine rings is 1. The molecule has 1 aliphatic heterocycles. The predicted octanol–water partition coefficient (Wildman–Crippen LogP) is 4.20. The van der Waals surface area contributed by atoms with E-state index in [2.05, 4.69) is 27.7 Å². The molecule has 1 aliphatic rings. The number of halogens is 1. The fourth-order valence-corrected chi connectivity index (χ4v) is 3.97. The first-order valence-electron chi connectivity index (χ1n) is 8.06. The van der Waals surface area contributed by atoms with Crippen LogP contribution in [0.25, 0.3) is 0 Å². The van der Waals surface area contributed by atoms with Crippen LogP contribution in [0, 0.1) is 5.82 Å². The summed E-state index contributed by atoms with van der Waals surface area (Å²) in [5.41, 5.74) is 0.742. The van der Waals surface area contributed by atoms with Gasteiger partial charge in [0.1, 0.15) is 5.82 Å². The molecule has 1 fully saturated rings. The van der Waals surface area contributed by atoms with Crippen LogP contribution in [-0.4, -0.2) is 24.5 Å². The summed E-state index contributed by atoms with van der Waals surface area (Å²) in [7, 11) is 0. The quantitative estimate of drug-likeness (QED) is 0.858. The SMILES string of the molecule is Fc1ccccc1CNCC(c1cccs1)N1CCCCC1. The second-order valence-electron chi connectivity index (χ2n) is 5.85. The molecular formula is C18H23FN2S. The maximum atomic E-state index is 13.7. The van der Waals surface area contributed by atoms with Gasteiger partial charge in [-0.15, -0.1) is 11.3 Å². The topological polar surface area (TPSA) is 15.3 Å². The monoisotopic (exact) mass is 318 g/mol. The fraction of sp³-hybridized carbons (Fsp3) is 0.444. The van der Waals surface area contributed by atoms with Crippen molar-refractivity contribution in [2.45, 2.75) is 31.8 Å². The zero-order valence-corrected chi connectivity index (χ0v) is 13.6. The van der Waals surface area contributed by atoms with Crippen molar-refractivity contribution in [2.75, 3.05) is 19.6 Å². The van der Waals surface area contributed by atoms with Gasteiger partial charge in [-0.3, -0.25) is 4.90 Å². The Labute approximate surface area is 136 Å². The molecule has 1 aromatic heterocycles. The van der Waals surface area contributed by atoms with Crippen molar-refractivity contribution >= 4 is 11.3 Å². The van der Waals surface area contributed by atoms with Crippen LogP contribution in [0.5, 0.6) is 0 Å². The van der Waals surface area contributed by atoms with Gasteiger partial charge in [-0.25, -0.2) is 4.39 Å². The average molecular weight is 318 g/mol. The molecule has 1 saturated heterocycles. The van der Waals surface area contributed by atoms with Crippen molar-refractivity contribution in [1.29, 1.82) is 0 Å². The molecule has 3 rings (SSSR count). The van der Waals surface area contributed by atoms with Gasteiger partial charge in [0.15, 0.2) is 0 Å². The highest BCUT2D eigenvalue weighted by molar-refractivity contribution is 7.10. The van der Waals surface area contributed by atoms with Crippen LogP contribution in [0.4, 0.5) is 4.39 Å². The molecule has 1 atom stereocenters. The van der Waals surface area contributed by atoms with Crippen molar-refractivity contribution in [1.82, 2.24) is 10.2 Å². The molecule has 0 amide bonds. The number of rotatable bonds is 6. The number of likely N-dealkylation sites (tertiary alicyclic amines) is 1. The first-order chi connectivity index (χ1) is 10.8. The summed E-state index contributed by atoms with van der Waals surface area (Å²) >= 11 is 1.82. The highest BCUT2D eigenvalue weighted by atomic mass is 32.1. The molecule has 22 heavy (non-hydrogen) atoms. The minimum atomic E-state index is -0.124. The van der Waals surface area contributed by atoms with Crippen molar-refractivity contribution in [3.05, 3.63) is 58.0 Å². The summed E-state index contributed by atoms with van der Waals surface area (Å²) < 4.78 is 13.7. The third-order valence-electron chi connectivity index (χ3n) is 4.31. The summed E-state index contributed by atoms with van der Waals surface area (Å²) in [4.78, 5) is 3.98. The fourth-order valence-electron chi connectivity index (χ4n) is 3.11. The largest absolute Gasteiger partial charge is 0.311 e. The van der Waals surface area contributed by atoms with E-state index in [0.717, 1.165) is 12.1 Å². The number of nitrogens with zero attached hydrogens (tertiary/aromatic N) is 1. The Balaban J connectivity index is 1.62. The van der Waals surface area contributed by atoms with Crippen LogP contribution in [0.2, 0.25) is 0 Å². The summed E-state index contributed by atoms with van der Waals surface area (Å²) in [6.07, 6.45) is 3.92. The molecule has 0 bridgehead atoms. The number of thiophene rings is 1. The number of hydrogen-bond donors (Lipinski definition) is 1. The molecule has 118 valence electrons. The second-order valence-corrected chi connectivity index (χ2v) is 6.83. The van der Waals surface area contributed by atoms with Crippen LogP contribution >= 0.6 is 11.3 Å². The molecule has 0 aliphatic carbocycles. The van der Waals surface area contributed by atoms with E-state index >= 15 is 0 Å². The third kappa shape index (κ3) is 3.94. The lowest BCUT2D eigenvalue weighted by molar-refractivity contribution is 0.162. The predicted molar refractivity (Wildman–Crippen MR) is 90.6 cm³/mol. The molecule has 0 spiro atoms. The second kappa shape index (κ2) is 7.86. The number of hydrogen-bond acceptors (Lipinski definition) is 3. The van der Waals surface area contributed by atoms with Gasteiger partial charge in [0, 0.05) is 23.5 Å². The van der Waals surface area contributed by atoms with E-state index in [4.69, 9.17) is 0 Å². The minimum absolute atomic E-state index is 0.124. The molecule has 1 N–H and O–H groups in total. The molecule has 2 nitrogen and oxygen atoms in total. The first kappa shape index (κ1) is 15.7. The van der Waals surface area contributed by atoms with Crippen LogP contribution in [0.3, 0.4) is 0 Å². The van der Waals surface area contributed by atoms with Crippen LogP contribution < -0.4 is 5.32 Å². The minimum Gasteiger partial charge on any atom is -0.311 e. The van der Waals surface area contributed by atoms with Gasteiger partial charge >= 0.3 is 0 Å². The van der Waals surface area contributed by atoms with Crippen LogP contribution in [0.1, 0.15) is 35.7 Å².